The third-order valence-electron chi connectivity index (χ3n) is 1.14. The second kappa shape index (κ2) is 6.58. The molecular weight excluding hydrogens is 140 g/mol. The summed E-state index contributed by atoms with van der Waals surface area (Å²) >= 11 is 0. The number of hydrogen-bond donors (Lipinski definition) is 0. The summed E-state index contributed by atoms with van der Waals surface area (Å²) in [6, 6.07) is 6.08. The van der Waals surface area contributed by atoms with Crippen LogP contribution in [0.2, 0.25) is 0 Å². The molecule has 1 heterocycles. The number of rotatable bonds is 1. The average molecular weight is 150 g/mol. The van der Waals surface area contributed by atoms with Crippen molar-refractivity contribution >= 4 is 0 Å². The highest BCUT2D eigenvalue weighted by atomic mass is 15.0. The summed E-state index contributed by atoms with van der Waals surface area (Å²) in [5.74, 6) is 0. The lowest BCUT2D eigenvalue weighted by molar-refractivity contribution is -0.693. The third kappa shape index (κ3) is 4.93. The number of aryl methyl sites for hydroxylation is 1. The largest absolute Gasteiger partial charge is 0.373 e. The predicted molar refractivity (Wildman–Crippen MR) is 42.4 cm³/mol. The first kappa shape index (κ1) is 9.46. The molecule has 0 aliphatic rings. The maximum absolute atomic E-state index is 6.75. The van der Waals surface area contributed by atoms with Gasteiger partial charge >= 0.3 is 0 Å². The molecule has 1 aromatic rings. The van der Waals surface area contributed by atoms with Gasteiger partial charge in [-0.1, -0.05) is 6.07 Å². The fraction of sp³-hybridized carbons (Fsp3) is 0.286. The molecule has 4 nitrogen and oxygen atoms in total. The molecule has 0 fully saturated rings. The molecule has 0 saturated carbocycles. The highest BCUT2D eigenvalue weighted by Crippen LogP contribution is 1.74. The van der Waals surface area contributed by atoms with E-state index in [-0.39, 0.29) is 0 Å². The molecular formula is C7H10N4. The first-order valence-corrected chi connectivity index (χ1v) is 3.27. The maximum Gasteiger partial charge on any atom is 0.168 e. The summed E-state index contributed by atoms with van der Waals surface area (Å²) in [6.45, 7) is 3.18. The van der Waals surface area contributed by atoms with Crippen LogP contribution in [0, 0.1) is 0 Å². The quantitative estimate of drug-likeness (QED) is 0.254. The monoisotopic (exact) mass is 150 g/mol. The molecule has 11 heavy (non-hydrogen) atoms. The van der Waals surface area contributed by atoms with Crippen LogP contribution in [0.15, 0.2) is 30.6 Å². The van der Waals surface area contributed by atoms with Crippen LogP contribution in [0.3, 0.4) is 0 Å². The summed E-state index contributed by atoms with van der Waals surface area (Å²) < 4.78 is 2.12. The van der Waals surface area contributed by atoms with Crippen LogP contribution in [-0.2, 0) is 6.54 Å². The Bertz CT molecular complexity index is 213. The average Bonchev–Trinajstić information content (AvgIpc) is 2.08. The molecule has 4 heteroatoms. The van der Waals surface area contributed by atoms with Crippen molar-refractivity contribution in [2.24, 2.45) is 0 Å². The van der Waals surface area contributed by atoms with Crippen LogP contribution in [0.25, 0.3) is 16.0 Å². The number of nitrogens with zero attached hydrogens (tertiary/aromatic N) is 4. The van der Waals surface area contributed by atoms with E-state index in [1.165, 1.54) is 4.91 Å². The van der Waals surface area contributed by atoms with Gasteiger partial charge in [0, 0.05) is 12.1 Å². The van der Waals surface area contributed by atoms with E-state index in [9.17, 15) is 0 Å². The van der Waals surface area contributed by atoms with E-state index in [1.807, 2.05) is 18.2 Å². The second-order valence-corrected chi connectivity index (χ2v) is 1.80. The van der Waals surface area contributed by atoms with E-state index in [0.29, 0.717) is 0 Å². The van der Waals surface area contributed by atoms with E-state index < -0.39 is 0 Å². The first-order valence-electron chi connectivity index (χ1n) is 3.27. The van der Waals surface area contributed by atoms with Gasteiger partial charge in [0.1, 0.15) is 6.54 Å². The van der Waals surface area contributed by atoms with Gasteiger partial charge in [0.25, 0.3) is 0 Å². The van der Waals surface area contributed by atoms with E-state index in [4.69, 9.17) is 11.1 Å². The highest BCUT2D eigenvalue weighted by Gasteiger charge is 1.86. The Kier molecular flexibility index (Phi) is 5.66. The highest BCUT2D eigenvalue weighted by molar-refractivity contribution is 4.83. The summed E-state index contributed by atoms with van der Waals surface area (Å²) in [7, 11) is 0. The molecule has 1 rings (SSSR count). The van der Waals surface area contributed by atoms with Gasteiger partial charge in [0.15, 0.2) is 12.4 Å². The SMILES string of the molecule is CC[n+]1ccccc1.[N-]=[N+]=[N-]. The van der Waals surface area contributed by atoms with Gasteiger partial charge in [0.2, 0.25) is 0 Å². The minimum atomic E-state index is 1.06. The maximum atomic E-state index is 6.75. The third-order valence-corrected chi connectivity index (χ3v) is 1.14. The zero-order chi connectivity index (χ0) is 8.53. The molecule has 58 valence electrons. The topological polar surface area (TPSA) is 62.6 Å². The number of aromatic nitrogens is 1. The number of pyridine rings is 1. The second-order valence-electron chi connectivity index (χ2n) is 1.80. The summed E-state index contributed by atoms with van der Waals surface area (Å²) in [5.41, 5.74) is 13.5. The molecule has 0 N–H and O–H groups in total. The molecule has 0 aliphatic carbocycles. The Morgan fingerprint density at radius 2 is 1.64 bits per heavy atom. The Morgan fingerprint density at radius 1 is 1.18 bits per heavy atom. The first-order chi connectivity index (χ1) is 5.35. The lowest BCUT2D eigenvalue weighted by Crippen LogP contribution is -2.30. The fourth-order valence-corrected chi connectivity index (χ4v) is 0.645. The molecule has 0 bridgehead atoms. The Balaban J connectivity index is 0.000000292. The van der Waals surface area contributed by atoms with E-state index in [1.54, 1.807) is 0 Å². The van der Waals surface area contributed by atoms with Crippen molar-refractivity contribution in [3.05, 3.63) is 46.6 Å². The van der Waals surface area contributed by atoms with E-state index >= 15 is 0 Å². The van der Waals surface area contributed by atoms with Gasteiger partial charge in [0.05, 0.1) is 0 Å². The van der Waals surface area contributed by atoms with Gasteiger partial charge in [-0.2, -0.15) is 0 Å². The van der Waals surface area contributed by atoms with E-state index in [0.717, 1.165) is 6.54 Å². The van der Waals surface area contributed by atoms with Gasteiger partial charge in [-0.3, -0.25) is 4.91 Å². The van der Waals surface area contributed by atoms with Crippen LogP contribution >= 0.6 is 0 Å². The lowest BCUT2D eigenvalue weighted by atomic mass is 10.5. The van der Waals surface area contributed by atoms with Crippen LogP contribution < -0.4 is 4.57 Å². The van der Waals surface area contributed by atoms with E-state index in [2.05, 4.69) is 23.9 Å². The van der Waals surface area contributed by atoms with Gasteiger partial charge in [-0.15, -0.1) is 0 Å². The van der Waals surface area contributed by atoms with Crippen molar-refractivity contribution in [3.8, 4) is 0 Å². The fourth-order valence-electron chi connectivity index (χ4n) is 0.645. The molecule has 0 saturated heterocycles. The van der Waals surface area contributed by atoms with Gasteiger partial charge in [-0.25, -0.2) is 4.57 Å². The van der Waals surface area contributed by atoms with Crippen molar-refractivity contribution in [3.63, 3.8) is 0 Å². The minimum absolute atomic E-state index is 1.06. The predicted octanol–water partition coefficient (Wildman–Crippen LogP) is 1.86. The summed E-state index contributed by atoms with van der Waals surface area (Å²) in [4.78, 5) is 1.50. The zero-order valence-electron chi connectivity index (χ0n) is 6.38. The van der Waals surface area contributed by atoms with Crippen molar-refractivity contribution in [2.45, 2.75) is 13.5 Å². The zero-order valence-corrected chi connectivity index (χ0v) is 6.38. The van der Waals surface area contributed by atoms with Crippen LogP contribution in [-0.4, -0.2) is 0 Å². The standard InChI is InChI=1S/C7H10N.N3/c1-2-8-6-4-3-5-7-8;1-3-2/h3-7H,2H2,1H3;/q+1;-1. The Morgan fingerprint density at radius 3 is 1.91 bits per heavy atom. The van der Waals surface area contributed by atoms with Crippen molar-refractivity contribution < 1.29 is 4.57 Å². The molecule has 1 aromatic heterocycles. The Hall–Kier alpha value is -1.54. The molecule has 0 aromatic carbocycles. The van der Waals surface area contributed by atoms with Gasteiger partial charge < -0.3 is 11.1 Å². The number of hydrogen-bond acceptors (Lipinski definition) is 0. The van der Waals surface area contributed by atoms with Crippen LogP contribution in [0.5, 0.6) is 0 Å². The summed E-state index contributed by atoms with van der Waals surface area (Å²) in [6.07, 6.45) is 4.11. The summed E-state index contributed by atoms with van der Waals surface area (Å²) in [5, 5.41) is 0. The molecule has 0 aliphatic heterocycles. The van der Waals surface area contributed by atoms with Crippen molar-refractivity contribution in [1.82, 2.24) is 0 Å². The van der Waals surface area contributed by atoms with Crippen LogP contribution in [0.1, 0.15) is 6.92 Å². The smallest absolute Gasteiger partial charge is 0.168 e. The van der Waals surface area contributed by atoms with Crippen molar-refractivity contribution in [1.29, 1.82) is 0 Å². The van der Waals surface area contributed by atoms with Gasteiger partial charge in [-0.05, 0) is 6.92 Å². The molecule has 0 spiro atoms. The molecule has 0 unspecified atom stereocenters. The lowest BCUT2D eigenvalue weighted by Gasteiger charge is -1.84. The van der Waals surface area contributed by atoms with Crippen LogP contribution in [0.4, 0.5) is 0 Å². The normalized spacial score (nSPS) is 7.36. The minimum Gasteiger partial charge on any atom is -0.373 e. The molecule has 0 radical (unpaired) electrons. The Labute approximate surface area is 65.5 Å². The van der Waals surface area contributed by atoms with Crippen molar-refractivity contribution in [2.75, 3.05) is 0 Å². The molecule has 0 atom stereocenters. The molecule has 0 amide bonds.